The van der Waals surface area contributed by atoms with Crippen molar-refractivity contribution < 1.29 is 9.47 Å². The highest BCUT2D eigenvalue weighted by atomic mass is 16.5. The Bertz CT molecular complexity index is 536. The van der Waals surface area contributed by atoms with E-state index in [4.69, 9.17) is 9.47 Å². The fraction of sp³-hybridized carbons (Fsp3) is 0.773. The van der Waals surface area contributed by atoms with Gasteiger partial charge in [-0.1, -0.05) is 12.8 Å². The third-order valence-electron chi connectivity index (χ3n) is 6.92. The Labute approximate surface area is 158 Å². The standard InChI is InChI=1S/C22H34N2O2/c1-2-4-19(3-1)17-24-13-9-22(10-14-24)21(8-16-26-22)7-15-25-18-20-5-11-23-12-6-20/h5-6,11-12,19,21H,1-4,7-10,13-18H2. The van der Waals surface area contributed by atoms with Crippen LogP contribution in [-0.4, -0.2) is 48.3 Å². The number of rotatable bonds is 7. The molecule has 0 bridgehead atoms. The van der Waals surface area contributed by atoms with Crippen LogP contribution >= 0.6 is 0 Å². The summed E-state index contributed by atoms with van der Waals surface area (Å²) >= 11 is 0. The average Bonchev–Trinajstić information content (AvgIpc) is 3.32. The lowest BCUT2D eigenvalue weighted by molar-refractivity contribution is -0.0737. The van der Waals surface area contributed by atoms with Crippen molar-refractivity contribution in [2.45, 2.75) is 63.6 Å². The molecule has 1 aromatic heterocycles. The van der Waals surface area contributed by atoms with E-state index in [9.17, 15) is 0 Å². The van der Waals surface area contributed by atoms with Crippen LogP contribution in [0, 0.1) is 11.8 Å². The molecule has 3 fully saturated rings. The van der Waals surface area contributed by atoms with Gasteiger partial charge in [-0.25, -0.2) is 0 Å². The zero-order chi connectivity index (χ0) is 17.7. The van der Waals surface area contributed by atoms with Crippen molar-refractivity contribution in [2.75, 3.05) is 32.8 Å². The normalized spacial score (nSPS) is 26.7. The van der Waals surface area contributed by atoms with Gasteiger partial charge in [0.25, 0.3) is 0 Å². The highest BCUT2D eigenvalue weighted by Gasteiger charge is 2.45. The molecule has 2 saturated heterocycles. The van der Waals surface area contributed by atoms with Crippen LogP contribution in [0.2, 0.25) is 0 Å². The van der Waals surface area contributed by atoms with Crippen molar-refractivity contribution in [1.29, 1.82) is 0 Å². The molecule has 0 N–H and O–H groups in total. The molecule has 4 nitrogen and oxygen atoms in total. The molecule has 3 heterocycles. The van der Waals surface area contributed by atoms with Crippen LogP contribution in [0.3, 0.4) is 0 Å². The minimum atomic E-state index is 0.145. The largest absolute Gasteiger partial charge is 0.377 e. The molecule has 1 unspecified atom stereocenters. The maximum Gasteiger partial charge on any atom is 0.0736 e. The molecule has 0 radical (unpaired) electrons. The van der Waals surface area contributed by atoms with Crippen molar-refractivity contribution in [2.24, 2.45) is 11.8 Å². The SMILES string of the molecule is c1cc(COCCC2CCOC23CCN(CC2CCCC2)CC3)ccn1. The molecule has 0 amide bonds. The van der Waals surface area contributed by atoms with Crippen molar-refractivity contribution in [3.8, 4) is 0 Å². The molecule has 2 aliphatic heterocycles. The first-order chi connectivity index (χ1) is 12.8. The molecular formula is C22H34N2O2. The Morgan fingerprint density at radius 3 is 2.65 bits per heavy atom. The Morgan fingerprint density at radius 2 is 1.88 bits per heavy atom. The number of piperidine rings is 1. The van der Waals surface area contributed by atoms with Gasteiger partial charge in [-0.05, 0) is 68.1 Å². The van der Waals surface area contributed by atoms with E-state index < -0.39 is 0 Å². The highest BCUT2D eigenvalue weighted by molar-refractivity contribution is 5.07. The van der Waals surface area contributed by atoms with Crippen molar-refractivity contribution in [3.05, 3.63) is 30.1 Å². The van der Waals surface area contributed by atoms with E-state index in [1.165, 1.54) is 70.1 Å². The van der Waals surface area contributed by atoms with Crippen molar-refractivity contribution in [3.63, 3.8) is 0 Å². The summed E-state index contributed by atoms with van der Waals surface area (Å²) < 4.78 is 12.3. The third kappa shape index (κ3) is 4.47. The molecule has 26 heavy (non-hydrogen) atoms. The number of hydrogen-bond acceptors (Lipinski definition) is 4. The summed E-state index contributed by atoms with van der Waals surface area (Å²) in [6, 6.07) is 4.06. The van der Waals surface area contributed by atoms with Gasteiger partial charge in [0.1, 0.15) is 0 Å². The lowest BCUT2D eigenvalue weighted by Gasteiger charge is -2.43. The van der Waals surface area contributed by atoms with Crippen LogP contribution in [0.25, 0.3) is 0 Å². The van der Waals surface area contributed by atoms with E-state index in [0.717, 1.165) is 25.6 Å². The second-order valence-electron chi connectivity index (χ2n) is 8.55. The Balaban J connectivity index is 1.20. The maximum atomic E-state index is 6.34. The van der Waals surface area contributed by atoms with Gasteiger partial charge in [-0.2, -0.15) is 0 Å². The molecule has 1 atom stereocenters. The van der Waals surface area contributed by atoms with Crippen molar-refractivity contribution in [1.82, 2.24) is 9.88 Å². The molecule has 4 rings (SSSR count). The predicted molar refractivity (Wildman–Crippen MR) is 103 cm³/mol. The van der Waals surface area contributed by atoms with E-state index in [2.05, 4.69) is 9.88 Å². The molecule has 0 aromatic carbocycles. The maximum absolute atomic E-state index is 6.34. The van der Waals surface area contributed by atoms with Gasteiger partial charge in [-0.15, -0.1) is 0 Å². The highest BCUT2D eigenvalue weighted by Crippen LogP contribution is 2.42. The summed E-state index contributed by atoms with van der Waals surface area (Å²) in [5.74, 6) is 1.64. The van der Waals surface area contributed by atoms with Crippen molar-refractivity contribution >= 4 is 0 Å². The lowest BCUT2D eigenvalue weighted by atomic mass is 9.78. The van der Waals surface area contributed by atoms with Crippen LogP contribution in [0.15, 0.2) is 24.5 Å². The smallest absolute Gasteiger partial charge is 0.0736 e. The minimum Gasteiger partial charge on any atom is -0.377 e. The van der Waals surface area contributed by atoms with Gasteiger partial charge >= 0.3 is 0 Å². The van der Waals surface area contributed by atoms with Crippen LogP contribution < -0.4 is 0 Å². The number of nitrogens with zero attached hydrogens (tertiary/aromatic N) is 2. The van der Waals surface area contributed by atoms with E-state index in [1.807, 2.05) is 24.5 Å². The zero-order valence-electron chi connectivity index (χ0n) is 16.1. The molecule has 1 saturated carbocycles. The van der Waals surface area contributed by atoms with Gasteiger partial charge < -0.3 is 14.4 Å². The summed E-state index contributed by atoms with van der Waals surface area (Å²) in [4.78, 5) is 6.76. The van der Waals surface area contributed by atoms with E-state index >= 15 is 0 Å². The summed E-state index contributed by atoms with van der Waals surface area (Å²) in [6.07, 6.45) is 14.2. The molecule has 1 aliphatic carbocycles. The second-order valence-corrected chi connectivity index (χ2v) is 8.55. The molecule has 1 aromatic rings. The molecule has 144 valence electrons. The quantitative estimate of drug-likeness (QED) is 0.689. The number of likely N-dealkylation sites (tertiary alicyclic amines) is 1. The van der Waals surface area contributed by atoms with Crippen LogP contribution in [0.4, 0.5) is 0 Å². The Kier molecular flexibility index (Phi) is 6.24. The third-order valence-corrected chi connectivity index (χ3v) is 6.92. The number of ether oxygens (including phenoxy) is 2. The molecule has 3 aliphatic rings. The monoisotopic (exact) mass is 358 g/mol. The number of aromatic nitrogens is 1. The minimum absolute atomic E-state index is 0.145. The van der Waals surface area contributed by atoms with Gasteiger partial charge in [0.15, 0.2) is 0 Å². The zero-order valence-corrected chi connectivity index (χ0v) is 16.1. The Morgan fingerprint density at radius 1 is 1.12 bits per heavy atom. The van der Waals surface area contributed by atoms with E-state index in [0.29, 0.717) is 12.5 Å². The molecule has 1 spiro atoms. The Hall–Kier alpha value is -0.970. The first kappa shape index (κ1) is 18.4. The van der Waals surface area contributed by atoms with Gasteiger partial charge in [0.2, 0.25) is 0 Å². The van der Waals surface area contributed by atoms with Crippen LogP contribution in [0.5, 0.6) is 0 Å². The first-order valence-corrected chi connectivity index (χ1v) is 10.7. The second kappa shape index (κ2) is 8.81. The van der Waals surface area contributed by atoms with Gasteiger partial charge in [-0.3, -0.25) is 4.98 Å². The predicted octanol–water partition coefficient (Wildman–Crippen LogP) is 4.05. The molecular weight excluding hydrogens is 324 g/mol. The fourth-order valence-electron chi connectivity index (χ4n) is 5.31. The van der Waals surface area contributed by atoms with Crippen LogP contribution in [-0.2, 0) is 16.1 Å². The average molecular weight is 359 g/mol. The van der Waals surface area contributed by atoms with Crippen LogP contribution in [0.1, 0.15) is 56.9 Å². The molecule has 4 heteroatoms. The van der Waals surface area contributed by atoms with Gasteiger partial charge in [0.05, 0.1) is 12.2 Å². The first-order valence-electron chi connectivity index (χ1n) is 10.7. The topological polar surface area (TPSA) is 34.6 Å². The van der Waals surface area contributed by atoms with E-state index in [-0.39, 0.29) is 5.60 Å². The summed E-state index contributed by atoms with van der Waals surface area (Å²) in [7, 11) is 0. The summed E-state index contributed by atoms with van der Waals surface area (Å²) in [5.41, 5.74) is 1.35. The fourth-order valence-corrected chi connectivity index (χ4v) is 5.31. The van der Waals surface area contributed by atoms with Gasteiger partial charge in [0, 0.05) is 45.2 Å². The lowest BCUT2D eigenvalue weighted by Crippen LogP contribution is -2.48. The number of pyridine rings is 1. The summed E-state index contributed by atoms with van der Waals surface area (Å²) in [5, 5.41) is 0. The number of hydrogen-bond donors (Lipinski definition) is 0. The van der Waals surface area contributed by atoms with E-state index in [1.54, 1.807) is 0 Å². The summed E-state index contributed by atoms with van der Waals surface area (Å²) in [6.45, 7) is 6.26.